The molecule has 0 spiro atoms. The van der Waals surface area contributed by atoms with Gasteiger partial charge in [-0.3, -0.25) is 9.69 Å². The number of carbonyl (C=O) groups is 2. The van der Waals surface area contributed by atoms with Crippen molar-refractivity contribution >= 4 is 79.1 Å². The predicted octanol–water partition coefficient (Wildman–Crippen LogP) is 7.05. The van der Waals surface area contributed by atoms with Crippen LogP contribution in [0.3, 0.4) is 0 Å². The van der Waals surface area contributed by atoms with Crippen LogP contribution in [-0.4, -0.2) is 42.7 Å². The van der Waals surface area contributed by atoms with Gasteiger partial charge in [-0.2, -0.15) is 0 Å². The standard InChI is InChI=1S/C28H24BrIN2O5S/c1-4-36-23-14-18(13-22(30)25(23)37-16-17-5-9-20(29)10-6-17)15-24-26(33)32(2)28(38-24)31-21-11-7-19(8-12-21)27(34)35-3/h5-15H,4,16H2,1-3H3. The number of likely N-dealkylation sites (N-methyl/N-ethyl adjacent to an activating group) is 1. The van der Waals surface area contributed by atoms with Crippen LogP contribution in [0.5, 0.6) is 11.5 Å². The number of amidine groups is 1. The Morgan fingerprint density at radius 2 is 1.82 bits per heavy atom. The Morgan fingerprint density at radius 3 is 2.47 bits per heavy atom. The van der Waals surface area contributed by atoms with E-state index in [1.165, 1.54) is 23.8 Å². The summed E-state index contributed by atoms with van der Waals surface area (Å²) in [5.41, 5.74) is 2.92. The van der Waals surface area contributed by atoms with E-state index in [0.29, 0.717) is 46.0 Å². The number of amides is 1. The fourth-order valence-electron chi connectivity index (χ4n) is 3.51. The monoisotopic (exact) mass is 706 g/mol. The lowest BCUT2D eigenvalue weighted by molar-refractivity contribution is -0.121. The third kappa shape index (κ3) is 6.78. The SMILES string of the molecule is CCOc1cc(C=C2SC(=Nc3ccc(C(=O)OC)cc3)N(C)C2=O)cc(I)c1OCc1ccc(Br)cc1. The first-order valence-electron chi connectivity index (χ1n) is 11.6. The van der Waals surface area contributed by atoms with Gasteiger partial charge in [-0.05, 0) is 107 Å². The molecule has 4 rings (SSSR count). The van der Waals surface area contributed by atoms with Gasteiger partial charge in [0.05, 0.1) is 33.4 Å². The van der Waals surface area contributed by atoms with Crippen molar-refractivity contribution in [2.75, 3.05) is 20.8 Å². The van der Waals surface area contributed by atoms with Crippen molar-refractivity contribution in [2.45, 2.75) is 13.5 Å². The number of aliphatic imine (C=N–C) groups is 1. The lowest BCUT2D eigenvalue weighted by Gasteiger charge is -2.15. The van der Waals surface area contributed by atoms with E-state index >= 15 is 0 Å². The number of ether oxygens (including phenoxy) is 3. The van der Waals surface area contributed by atoms with E-state index in [9.17, 15) is 9.59 Å². The van der Waals surface area contributed by atoms with Crippen LogP contribution in [-0.2, 0) is 16.1 Å². The maximum atomic E-state index is 13.0. The highest BCUT2D eigenvalue weighted by molar-refractivity contribution is 14.1. The van der Waals surface area contributed by atoms with Crippen LogP contribution in [0.4, 0.5) is 5.69 Å². The molecule has 1 amide bonds. The molecule has 3 aromatic rings. The number of thioether (sulfide) groups is 1. The molecule has 1 aliphatic rings. The molecule has 38 heavy (non-hydrogen) atoms. The Kier molecular flexibility index (Phi) is 9.50. The quantitative estimate of drug-likeness (QED) is 0.142. The lowest BCUT2D eigenvalue weighted by atomic mass is 10.1. The molecule has 1 aliphatic heterocycles. The van der Waals surface area contributed by atoms with Gasteiger partial charge in [0.25, 0.3) is 5.91 Å². The summed E-state index contributed by atoms with van der Waals surface area (Å²) in [6.45, 7) is 2.80. The molecule has 0 aliphatic carbocycles. The van der Waals surface area contributed by atoms with Crippen molar-refractivity contribution in [3.05, 3.63) is 90.3 Å². The Balaban J connectivity index is 1.55. The molecule has 0 bridgehead atoms. The molecule has 1 fully saturated rings. The molecule has 0 atom stereocenters. The zero-order valence-electron chi connectivity index (χ0n) is 20.9. The third-order valence-electron chi connectivity index (χ3n) is 5.44. The number of esters is 1. The van der Waals surface area contributed by atoms with Crippen LogP contribution in [0.2, 0.25) is 0 Å². The maximum Gasteiger partial charge on any atom is 0.337 e. The summed E-state index contributed by atoms with van der Waals surface area (Å²) in [5.74, 6) is 0.718. The first-order chi connectivity index (χ1) is 18.3. The normalized spacial score (nSPS) is 15.3. The van der Waals surface area contributed by atoms with Crippen molar-refractivity contribution in [1.82, 2.24) is 4.90 Å². The number of hydrogen-bond donors (Lipinski definition) is 0. The summed E-state index contributed by atoms with van der Waals surface area (Å²) >= 11 is 6.96. The van der Waals surface area contributed by atoms with E-state index in [1.807, 2.05) is 49.4 Å². The smallest absolute Gasteiger partial charge is 0.337 e. The van der Waals surface area contributed by atoms with Crippen molar-refractivity contribution in [1.29, 1.82) is 0 Å². The molecule has 7 nitrogen and oxygen atoms in total. The molecule has 0 aromatic heterocycles. The van der Waals surface area contributed by atoms with E-state index in [0.717, 1.165) is 19.2 Å². The van der Waals surface area contributed by atoms with Gasteiger partial charge in [0.1, 0.15) is 6.61 Å². The van der Waals surface area contributed by atoms with Crippen LogP contribution >= 0.6 is 50.3 Å². The highest BCUT2D eigenvalue weighted by Gasteiger charge is 2.30. The summed E-state index contributed by atoms with van der Waals surface area (Å²) in [4.78, 5) is 31.3. The van der Waals surface area contributed by atoms with Gasteiger partial charge in [-0.15, -0.1) is 0 Å². The number of halogens is 2. The van der Waals surface area contributed by atoms with E-state index < -0.39 is 5.97 Å². The summed E-state index contributed by atoms with van der Waals surface area (Å²) < 4.78 is 18.6. The summed E-state index contributed by atoms with van der Waals surface area (Å²) in [7, 11) is 3.02. The number of benzene rings is 3. The fourth-order valence-corrected chi connectivity index (χ4v) is 5.55. The van der Waals surface area contributed by atoms with Gasteiger partial charge >= 0.3 is 5.97 Å². The molecule has 3 aromatic carbocycles. The predicted molar refractivity (Wildman–Crippen MR) is 162 cm³/mol. The second-order valence-corrected chi connectivity index (χ2v) is 11.2. The second-order valence-electron chi connectivity index (χ2n) is 8.09. The van der Waals surface area contributed by atoms with E-state index in [4.69, 9.17) is 14.2 Å². The Hall–Kier alpha value is -2.83. The fraction of sp³-hybridized carbons (Fsp3) is 0.179. The van der Waals surface area contributed by atoms with Gasteiger partial charge < -0.3 is 14.2 Å². The minimum atomic E-state index is -0.414. The van der Waals surface area contributed by atoms with Gasteiger partial charge in [-0.1, -0.05) is 28.1 Å². The van der Waals surface area contributed by atoms with Crippen molar-refractivity contribution < 1.29 is 23.8 Å². The number of hydrogen-bond acceptors (Lipinski definition) is 7. The molecule has 0 radical (unpaired) electrons. The minimum Gasteiger partial charge on any atom is -0.490 e. The van der Waals surface area contributed by atoms with Crippen LogP contribution in [0.1, 0.15) is 28.4 Å². The summed E-state index contributed by atoms with van der Waals surface area (Å²) in [6, 6.07) is 18.5. The zero-order chi connectivity index (χ0) is 27.2. The third-order valence-corrected chi connectivity index (χ3v) is 7.83. The molecule has 0 N–H and O–H groups in total. The van der Waals surface area contributed by atoms with E-state index in [2.05, 4.69) is 43.5 Å². The maximum absolute atomic E-state index is 13.0. The Labute approximate surface area is 247 Å². The summed E-state index contributed by atoms with van der Waals surface area (Å²) in [6.07, 6.45) is 1.83. The number of methoxy groups -OCH3 is 1. The lowest BCUT2D eigenvalue weighted by Crippen LogP contribution is -2.23. The second kappa shape index (κ2) is 12.8. The van der Waals surface area contributed by atoms with Gasteiger partial charge in [-0.25, -0.2) is 9.79 Å². The Morgan fingerprint density at radius 1 is 1.11 bits per heavy atom. The zero-order valence-corrected chi connectivity index (χ0v) is 25.4. The van der Waals surface area contributed by atoms with Crippen molar-refractivity contribution in [3.63, 3.8) is 0 Å². The van der Waals surface area contributed by atoms with E-state index in [1.54, 1.807) is 31.3 Å². The van der Waals surface area contributed by atoms with Crippen LogP contribution in [0, 0.1) is 3.57 Å². The molecule has 0 saturated carbocycles. The van der Waals surface area contributed by atoms with Crippen molar-refractivity contribution in [2.24, 2.45) is 4.99 Å². The molecule has 10 heteroatoms. The minimum absolute atomic E-state index is 0.150. The average molecular weight is 707 g/mol. The summed E-state index contributed by atoms with van der Waals surface area (Å²) in [5, 5.41) is 0.543. The molecular weight excluding hydrogens is 683 g/mol. The number of nitrogens with zero attached hydrogens (tertiary/aromatic N) is 2. The first kappa shape index (κ1) is 28.2. The highest BCUT2D eigenvalue weighted by Crippen LogP contribution is 2.38. The van der Waals surface area contributed by atoms with Gasteiger partial charge in [0.15, 0.2) is 16.7 Å². The molecular formula is C28H24BrIN2O5S. The highest BCUT2D eigenvalue weighted by atomic mass is 127. The van der Waals surface area contributed by atoms with Crippen LogP contribution in [0.25, 0.3) is 6.08 Å². The molecule has 196 valence electrons. The number of rotatable bonds is 8. The molecule has 0 unspecified atom stereocenters. The topological polar surface area (TPSA) is 77.4 Å². The molecule has 1 saturated heterocycles. The van der Waals surface area contributed by atoms with Crippen LogP contribution in [0.15, 0.2) is 75.0 Å². The van der Waals surface area contributed by atoms with Crippen molar-refractivity contribution in [3.8, 4) is 11.5 Å². The van der Waals surface area contributed by atoms with Gasteiger partial charge in [0.2, 0.25) is 0 Å². The Bertz CT molecular complexity index is 1410. The average Bonchev–Trinajstić information content (AvgIpc) is 3.17. The van der Waals surface area contributed by atoms with E-state index in [-0.39, 0.29) is 5.91 Å². The first-order valence-corrected chi connectivity index (χ1v) is 14.3. The largest absolute Gasteiger partial charge is 0.490 e. The molecule has 1 heterocycles. The van der Waals surface area contributed by atoms with Gasteiger partial charge in [0, 0.05) is 11.5 Å². The van der Waals surface area contributed by atoms with Crippen LogP contribution < -0.4 is 9.47 Å². The number of carbonyl (C=O) groups excluding carboxylic acids is 2.